The van der Waals surface area contributed by atoms with Crippen LogP contribution in [0, 0.1) is 0 Å². The topological polar surface area (TPSA) is 90.9 Å². The molecule has 0 aliphatic heterocycles. The Morgan fingerprint density at radius 3 is 2.56 bits per heavy atom. The summed E-state index contributed by atoms with van der Waals surface area (Å²) in [6.07, 6.45) is 11.1. The number of carboxylic acid groups (broad SMARTS) is 1. The van der Waals surface area contributed by atoms with Crippen molar-refractivity contribution in [2.45, 2.75) is 44.8 Å². The standard InChI is InChI=1S/C16H20N4.C2HF3O2/c1-2-4-13(5-3-1)8-14-9-15(11-17-10-14)20-12-16-18-6-7-19-16;3-2(4,5)1(6)7/h6-11,20H,1-5,12H2,(H,18,19);(H,6,7). The van der Waals surface area contributed by atoms with Gasteiger partial charge >= 0.3 is 12.1 Å². The number of aromatic amines is 1. The zero-order valence-electron chi connectivity index (χ0n) is 14.6. The van der Waals surface area contributed by atoms with Gasteiger partial charge in [0, 0.05) is 24.8 Å². The number of anilines is 1. The van der Waals surface area contributed by atoms with Crippen LogP contribution >= 0.6 is 0 Å². The van der Waals surface area contributed by atoms with Gasteiger partial charge in [-0.3, -0.25) is 4.98 Å². The van der Waals surface area contributed by atoms with Gasteiger partial charge in [0.05, 0.1) is 12.2 Å². The zero-order chi connectivity index (χ0) is 19.7. The molecule has 3 N–H and O–H groups in total. The number of imidazole rings is 1. The number of carboxylic acids is 1. The van der Waals surface area contributed by atoms with Gasteiger partial charge in [-0.1, -0.05) is 18.1 Å². The van der Waals surface area contributed by atoms with Crippen molar-refractivity contribution in [3.05, 3.63) is 47.8 Å². The second-order valence-electron chi connectivity index (χ2n) is 6.06. The van der Waals surface area contributed by atoms with Crippen molar-refractivity contribution in [1.82, 2.24) is 15.0 Å². The van der Waals surface area contributed by atoms with Crippen molar-refractivity contribution in [1.29, 1.82) is 0 Å². The monoisotopic (exact) mass is 382 g/mol. The van der Waals surface area contributed by atoms with Crippen molar-refractivity contribution in [3.8, 4) is 0 Å². The molecule has 1 aliphatic rings. The molecule has 0 spiro atoms. The Morgan fingerprint density at radius 2 is 1.96 bits per heavy atom. The lowest BCUT2D eigenvalue weighted by molar-refractivity contribution is -0.192. The van der Waals surface area contributed by atoms with Crippen LogP contribution in [-0.2, 0) is 11.3 Å². The minimum Gasteiger partial charge on any atom is -0.475 e. The van der Waals surface area contributed by atoms with Crippen LogP contribution in [0.4, 0.5) is 18.9 Å². The van der Waals surface area contributed by atoms with Gasteiger partial charge in [-0.05, 0) is 37.3 Å². The van der Waals surface area contributed by atoms with E-state index in [4.69, 9.17) is 9.90 Å². The summed E-state index contributed by atoms with van der Waals surface area (Å²) < 4.78 is 31.7. The lowest BCUT2D eigenvalue weighted by Gasteiger charge is -2.13. The summed E-state index contributed by atoms with van der Waals surface area (Å²) in [5.41, 5.74) is 3.78. The number of pyridine rings is 1. The maximum atomic E-state index is 10.6. The van der Waals surface area contributed by atoms with E-state index in [0.29, 0.717) is 6.54 Å². The second-order valence-corrected chi connectivity index (χ2v) is 6.06. The van der Waals surface area contributed by atoms with Crippen LogP contribution < -0.4 is 5.32 Å². The van der Waals surface area contributed by atoms with Crippen molar-refractivity contribution >= 4 is 17.7 Å². The molecular weight excluding hydrogens is 361 g/mol. The third kappa shape index (κ3) is 7.51. The zero-order valence-corrected chi connectivity index (χ0v) is 14.6. The molecule has 0 atom stereocenters. The second kappa shape index (κ2) is 9.75. The molecule has 27 heavy (non-hydrogen) atoms. The highest BCUT2D eigenvalue weighted by Crippen LogP contribution is 2.25. The fourth-order valence-electron chi connectivity index (χ4n) is 2.60. The van der Waals surface area contributed by atoms with E-state index in [9.17, 15) is 13.2 Å². The molecule has 2 aromatic heterocycles. The van der Waals surface area contributed by atoms with Crippen LogP contribution in [0.1, 0.15) is 43.5 Å². The molecule has 0 bridgehead atoms. The van der Waals surface area contributed by atoms with E-state index in [1.165, 1.54) is 37.7 Å². The predicted octanol–water partition coefficient (Wildman–Crippen LogP) is 4.40. The Bertz CT molecular complexity index is 750. The van der Waals surface area contributed by atoms with Crippen LogP contribution in [0.5, 0.6) is 0 Å². The number of hydrogen-bond donors (Lipinski definition) is 3. The molecule has 3 rings (SSSR count). The normalized spacial score (nSPS) is 14.1. The molecule has 1 fully saturated rings. The van der Waals surface area contributed by atoms with E-state index in [1.807, 2.05) is 18.6 Å². The number of nitrogens with zero attached hydrogens (tertiary/aromatic N) is 2. The van der Waals surface area contributed by atoms with Gasteiger partial charge in [-0.2, -0.15) is 13.2 Å². The van der Waals surface area contributed by atoms with Gasteiger partial charge in [-0.25, -0.2) is 9.78 Å². The first-order chi connectivity index (χ1) is 12.8. The highest BCUT2D eigenvalue weighted by molar-refractivity contribution is 5.73. The largest absolute Gasteiger partial charge is 0.490 e. The maximum Gasteiger partial charge on any atom is 0.490 e. The van der Waals surface area contributed by atoms with Crippen molar-refractivity contribution in [2.75, 3.05) is 5.32 Å². The quantitative estimate of drug-likeness (QED) is 0.729. The van der Waals surface area contributed by atoms with Gasteiger partial charge in [0.2, 0.25) is 0 Å². The molecule has 0 amide bonds. The minimum atomic E-state index is -5.08. The van der Waals surface area contributed by atoms with E-state index in [-0.39, 0.29) is 0 Å². The van der Waals surface area contributed by atoms with Gasteiger partial charge < -0.3 is 15.4 Å². The third-order valence-corrected chi connectivity index (χ3v) is 3.88. The number of hydrogen-bond acceptors (Lipinski definition) is 4. The van der Waals surface area contributed by atoms with Crippen LogP contribution in [0.25, 0.3) is 6.08 Å². The number of aromatic nitrogens is 3. The first-order valence-electron chi connectivity index (χ1n) is 8.51. The van der Waals surface area contributed by atoms with Crippen molar-refractivity contribution in [2.24, 2.45) is 0 Å². The van der Waals surface area contributed by atoms with Crippen molar-refractivity contribution < 1.29 is 23.1 Å². The maximum absolute atomic E-state index is 10.6. The van der Waals surface area contributed by atoms with Gasteiger partial charge in [0.1, 0.15) is 5.82 Å². The number of H-pyrrole nitrogens is 1. The molecule has 9 heteroatoms. The smallest absolute Gasteiger partial charge is 0.475 e. The summed E-state index contributed by atoms with van der Waals surface area (Å²) >= 11 is 0. The van der Waals surface area contributed by atoms with E-state index < -0.39 is 12.1 Å². The molecule has 2 aromatic rings. The predicted molar refractivity (Wildman–Crippen MR) is 94.9 cm³/mol. The lowest BCUT2D eigenvalue weighted by atomic mass is 9.93. The Kier molecular flexibility index (Phi) is 7.39. The number of allylic oxidation sites excluding steroid dienone is 1. The van der Waals surface area contributed by atoms with E-state index in [1.54, 1.807) is 11.8 Å². The minimum absolute atomic E-state index is 0.689. The first kappa shape index (κ1) is 20.5. The Morgan fingerprint density at radius 1 is 1.26 bits per heavy atom. The summed E-state index contributed by atoms with van der Waals surface area (Å²) in [6, 6.07) is 2.15. The van der Waals surface area contributed by atoms with Crippen LogP contribution in [0.15, 0.2) is 36.4 Å². The molecule has 0 aromatic carbocycles. The van der Waals surface area contributed by atoms with Gasteiger partial charge in [0.25, 0.3) is 0 Å². The molecule has 6 nitrogen and oxygen atoms in total. The van der Waals surface area contributed by atoms with Crippen molar-refractivity contribution in [3.63, 3.8) is 0 Å². The molecule has 146 valence electrons. The highest BCUT2D eigenvalue weighted by atomic mass is 19.4. The molecule has 1 saturated carbocycles. The fourth-order valence-corrected chi connectivity index (χ4v) is 2.60. The Hall–Kier alpha value is -2.84. The van der Waals surface area contributed by atoms with E-state index >= 15 is 0 Å². The third-order valence-electron chi connectivity index (χ3n) is 3.88. The number of nitrogens with one attached hydrogen (secondary N) is 2. The average Bonchev–Trinajstić information content (AvgIpc) is 3.14. The number of rotatable bonds is 4. The molecule has 1 aliphatic carbocycles. The lowest BCUT2D eigenvalue weighted by Crippen LogP contribution is -2.21. The summed E-state index contributed by atoms with van der Waals surface area (Å²) in [5, 5.41) is 10.5. The van der Waals surface area contributed by atoms with Crippen LogP contribution in [0.3, 0.4) is 0 Å². The molecule has 2 heterocycles. The molecule has 0 unspecified atom stereocenters. The fraction of sp³-hybridized carbons (Fsp3) is 0.389. The number of carbonyl (C=O) groups is 1. The van der Waals surface area contributed by atoms with E-state index in [2.05, 4.69) is 32.4 Å². The number of aliphatic carboxylic acids is 1. The van der Waals surface area contributed by atoms with Crippen LogP contribution in [0.2, 0.25) is 0 Å². The molecule has 0 saturated heterocycles. The summed E-state index contributed by atoms with van der Waals surface area (Å²) in [4.78, 5) is 20.5. The summed E-state index contributed by atoms with van der Waals surface area (Å²) in [6.45, 7) is 0.689. The summed E-state index contributed by atoms with van der Waals surface area (Å²) in [5.74, 6) is -1.83. The van der Waals surface area contributed by atoms with Crippen LogP contribution in [-0.4, -0.2) is 32.2 Å². The molecule has 0 radical (unpaired) electrons. The number of halogens is 3. The Balaban J connectivity index is 0.000000321. The SMILES string of the molecule is C(=C1CCCCC1)c1cncc(NCc2ncc[nH]2)c1.O=C(O)C(F)(F)F. The van der Waals surface area contributed by atoms with Gasteiger partial charge in [-0.15, -0.1) is 0 Å². The molecular formula is C18H21F3N4O2. The Labute approximate surface area is 154 Å². The number of alkyl halides is 3. The first-order valence-corrected chi connectivity index (χ1v) is 8.51. The summed E-state index contributed by atoms with van der Waals surface area (Å²) in [7, 11) is 0. The van der Waals surface area contributed by atoms with E-state index in [0.717, 1.165) is 11.5 Å². The highest BCUT2D eigenvalue weighted by Gasteiger charge is 2.38. The van der Waals surface area contributed by atoms with Gasteiger partial charge in [0.15, 0.2) is 0 Å². The average molecular weight is 382 g/mol.